The van der Waals surface area contributed by atoms with E-state index in [-0.39, 0.29) is 41.2 Å². The number of nitrogens with zero attached hydrogens (tertiary/aromatic N) is 3. The van der Waals surface area contributed by atoms with Crippen LogP contribution in [0.1, 0.15) is 31.8 Å². The number of carbonyl (C=O) groups excluding carboxylic acids is 2. The van der Waals surface area contributed by atoms with Gasteiger partial charge in [0.05, 0.1) is 24.5 Å². The van der Waals surface area contributed by atoms with E-state index in [0.717, 1.165) is 13.0 Å². The number of fused-ring (bicyclic) bond motifs is 1. The maximum Gasteiger partial charge on any atom is 0.440 e. The van der Waals surface area contributed by atoms with Crippen molar-refractivity contribution in [2.75, 3.05) is 29.3 Å². The molecule has 1 aromatic carbocycles. The van der Waals surface area contributed by atoms with Gasteiger partial charge in [0.1, 0.15) is 28.8 Å². The molecule has 1 saturated carbocycles. The third kappa shape index (κ3) is 6.34. The van der Waals surface area contributed by atoms with Crippen molar-refractivity contribution in [2.45, 2.75) is 56.3 Å². The van der Waals surface area contributed by atoms with Crippen LogP contribution >= 0.6 is 0 Å². The summed E-state index contributed by atoms with van der Waals surface area (Å²) < 4.78 is 130. The van der Waals surface area contributed by atoms with Gasteiger partial charge in [-0.25, -0.2) is 22.3 Å². The van der Waals surface area contributed by atoms with Crippen LogP contribution in [0.2, 0.25) is 0 Å². The van der Waals surface area contributed by atoms with Crippen molar-refractivity contribution in [2.24, 2.45) is 5.41 Å². The van der Waals surface area contributed by atoms with Crippen LogP contribution in [-0.2, 0) is 19.6 Å². The summed E-state index contributed by atoms with van der Waals surface area (Å²) in [5.41, 5.74) is -2.91. The van der Waals surface area contributed by atoms with Crippen molar-refractivity contribution < 1.29 is 58.2 Å². The van der Waals surface area contributed by atoms with Crippen LogP contribution in [0.3, 0.4) is 0 Å². The number of carbonyl (C=O) groups is 2. The summed E-state index contributed by atoms with van der Waals surface area (Å²) in [6, 6.07) is 3.55. The normalized spacial score (nSPS) is 18.9. The SMILES string of the molecule is CC(=O)NC[C@H]1CN(S(=O)(=O)c2cn(C(F)C(F)(F)F)nc2C)c2cc(NC(=O)OCC3(C(F)(F)F)CC3)ccc2O1. The number of hydrogen-bond acceptors (Lipinski definition) is 7. The zero-order chi connectivity index (χ0) is 31.3. The van der Waals surface area contributed by atoms with E-state index in [9.17, 15) is 48.7 Å². The molecule has 232 valence electrons. The van der Waals surface area contributed by atoms with Gasteiger partial charge in [-0.2, -0.15) is 31.4 Å². The summed E-state index contributed by atoms with van der Waals surface area (Å²) in [6.45, 7) is 0.685. The largest absolute Gasteiger partial charge is 0.484 e. The number of benzene rings is 1. The van der Waals surface area contributed by atoms with E-state index >= 15 is 0 Å². The number of amides is 2. The van der Waals surface area contributed by atoms with Gasteiger partial charge in [-0.15, -0.1) is 0 Å². The molecule has 2 N–H and O–H groups in total. The number of hydrogen-bond donors (Lipinski definition) is 2. The van der Waals surface area contributed by atoms with E-state index in [1.54, 1.807) is 0 Å². The van der Waals surface area contributed by atoms with Crippen LogP contribution in [0.15, 0.2) is 29.3 Å². The maximum atomic E-state index is 13.9. The Labute approximate surface area is 234 Å². The summed E-state index contributed by atoms with van der Waals surface area (Å²) in [7, 11) is -4.76. The number of ether oxygens (including phenoxy) is 2. The van der Waals surface area contributed by atoms with Crippen molar-refractivity contribution in [3.8, 4) is 5.75 Å². The Morgan fingerprint density at radius 3 is 2.45 bits per heavy atom. The first-order valence-corrected chi connectivity index (χ1v) is 13.6. The Balaban J connectivity index is 1.63. The van der Waals surface area contributed by atoms with Crippen LogP contribution in [-0.4, -0.2) is 68.4 Å². The first-order chi connectivity index (χ1) is 19.3. The number of halogens is 7. The quantitative estimate of drug-likeness (QED) is 0.418. The van der Waals surface area contributed by atoms with E-state index in [4.69, 9.17) is 9.47 Å². The van der Waals surface area contributed by atoms with Crippen molar-refractivity contribution in [1.29, 1.82) is 0 Å². The molecule has 1 aliphatic carbocycles. The second kappa shape index (κ2) is 10.8. The number of aromatic nitrogens is 2. The topological polar surface area (TPSA) is 132 Å². The average Bonchev–Trinajstić information content (AvgIpc) is 3.59. The fourth-order valence-electron chi connectivity index (χ4n) is 4.10. The molecule has 1 aromatic heterocycles. The Hall–Kier alpha value is -3.77. The van der Waals surface area contributed by atoms with Gasteiger partial charge < -0.3 is 14.8 Å². The highest BCUT2D eigenvalue weighted by molar-refractivity contribution is 7.92. The van der Waals surface area contributed by atoms with Crippen molar-refractivity contribution in [3.63, 3.8) is 0 Å². The zero-order valence-electron chi connectivity index (χ0n) is 21.8. The Kier molecular flexibility index (Phi) is 8.02. The molecule has 2 amide bonds. The molecule has 4 rings (SSSR count). The summed E-state index contributed by atoms with van der Waals surface area (Å²) in [4.78, 5) is 22.9. The molecular formula is C23H24F7N5O6S. The lowest BCUT2D eigenvalue weighted by molar-refractivity contribution is -0.208. The van der Waals surface area contributed by atoms with Gasteiger partial charge in [-0.1, -0.05) is 0 Å². The molecule has 1 aliphatic heterocycles. The maximum absolute atomic E-state index is 13.9. The minimum absolute atomic E-state index is 0.0863. The molecule has 19 heteroatoms. The number of nitrogens with one attached hydrogen (secondary N) is 2. The van der Waals surface area contributed by atoms with Crippen LogP contribution in [0, 0.1) is 12.3 Å². The van der Waals surface area contributed by atoms with E-state index in [1.807, 2.05) is 0 Å². The monoisotopic (exact) mass is 631 g/mol. The van der Waals surface area contributed by atoms with Crippen LogP contribution in [0.25, 0.3) is 0 Å². The van der Waals surface area contributed by atoms with Crippen molar-refractivity contribution in [1.82, 2.24) is 15.1 Å². The Morgan fingerprint density at radius 1 is 1.21 bits per heavy atom. The summed E-state index contributed by atoms with van der Waals surface area (Å²) >= 11 is 0. The lowest BCUT2D eigenvalue weighted by atomic mass is 10.1. The number of sulfonamides is 1. The first kappa shape index (κ1) is 31.2. The van der Waals surface area contributed by atoms with Crippen LogP contribution < -0.4 is 19.7 Å². The van der Waals surface area contributed by atoms with Crippen molar-refractivity contribution in [3.05, 3.63) is 30.1 Å². The lowest BCUT2D eigenvalue weighted by Gasteiger charge is -2.35. The summed E-state index contributed by atoms with van der Waals surface area (Å²) in [6.07, 6.45) is -15.8. The van der Waals surface area contributed by atoms with Gasteiger partial charge in [0.25, 0.3) is 16.3 Å². The fourth-order valence-corrected chi connectivity index (χ4v) is 5.76. The lowest BCUT2D eigenvalue weighted by Crippen LogP contribution is -2.48. The number of alkyl halides is 7. The molecular weight excluding hydrogens is 607 g/mol. The van der Waals surface area contributed by atoms with Gasteiger partial charge in [0.15, 0.2) is 0 Å². The number of aryl methyl sites for hydroxylation is 1. The highest BCUT2D eigenvalue weighted by atomic mass is 32.2. The average molecular weight is 632 g/mol. The second-order valence-corrected chi connectivity index (χ2v) is 11.6. The van der Waals surface area contributed by atoms with E-state index in [2.05, 4.69) is 15.7 Å². The minimum Gasteiger partial charge on any atom is -0.484 e. The molecule has 2 aliphatic rings. The smallest absolute Gasteiger partial charge is 0.440 e. The van der Waals surface area contributed by atoms with Gasteiger partial charge in [-0.3, -0.25) is 14.4 Å². The van der Waals surface area contributed by atoms with E-state index in [1.165, 1.54) is 19.1 Å². The van der Waals surface area contributed by atoms with Crippen LogP contribution in [0.4, 0.5) is 46.9 Å². The Bertz CT molecular complexity index is 1470. The highest BCUT2D eigenvalue weighted by Crippen LogP contribution is 2.57. The predicted molar refractivity (Wildman–Crippen MR) is 130 cm³/mol. The van der Waals surface area contributed by atoms with Crippen LogP contribution in [0.5, 0.6) is 5.75 Å². The number of anilines is 2. The summed E-state index contributed by atoms with van der Waals surface area (Å²) in [5, 5.41) is 8.02. The molecule has 11 nitrogen and oxygen atoms in total. The molecule has 1 fully saturated rings. The van der Waals surface area contributed by atoms with Gasteiger partial charge >= 0.3 is 18.4 Å². The molecule has 2 aromatic rings. The molecule has 2 atom stereocenters. The third-order valence-electron chi connectivity index (χ3n) is 6.59. The molecule has 0 saturated heterocycles. The van der Waals surface area contributed by atoms with E-state index in [0.29, 0.717) is 10.5 Å². The first-order valence-electron chi connectivity index (χ1n) is 12.2. The molecule has 0 radical (unpaired) electrons. The standard InChI is InChI=1S/C23H24F7N5O6S/c1-12-18(10-34(33-12)19(24)22(25,26)27)42(38,39)35-9-15(8-31-13(2)36)41-17-4-3-14(7-16(17)35)32-20(37)40-11-21(5-6-21)23(28,29)30/h3-4,7,10,15,19H,5-6,8-9,11H2,1-2H3,(H,31,36)(H,32,37)/t15-,19?/m0/s1. The summed E-state index contributed by atoms with van der Waals surface area (Å²) in [5.74, 6) is -0.551. The second-order valence-electron chi connectivity index (χ2n) is 9.81. The predicted octanol–water partition coefficient (Wildman–Crippen LogP) is 4.21. The van der Waals surface area contributed by atoms with Gasteiger partial charge in [0.2, 0.25) is 5.91 Å². The highest BCUT2D eigenvalue weighted by Gasteiger charge is 2.64. The fraction of sp³-hybridized carbons (Fsp3) is 0.522. The Morgan fingerprint density at radius 2 is 1.88 bits per heavy atom. The third-order valence-corrected chi connectivity index (χ3v) is 8.47. The molecule has 2 heterocycles. The zero-order valence-corrected chi connectivity index (χ0v) is 22.7. The number of rotatable bonds is 8. The molecule has 0 spiro atoms. The molecule has 1 unspecified atom stereocenters. The van der Waals surface area contributed by atoms with Gasteiger partial charge in [-0.05, 0) is 38.0 Å². The minimum atomic E-state index is -5.37. The van der Waals surface area contributed by atoms with Crippen molar-refractivity contribution >= 4 is 33.4 Å². The molecule has 42 heavy (non-hydrogen) atoms. The molecule has 0 bridgehead atoms. The van der Waals surface area contributed by atoms with Gasteiger partial charge in [0, 0.05) is 18.8 Å². The van der Waals surface area contributed by atoms with E-state index < -0.39 is 75.9 Å².